The van der Waals surface area contributed by atoms with Crippen LogP contribution in [0.3, 0.4) is 0 Å². The molecular formula is C5H2F3N3S2. The average molecular weight is 225 g/mol. The Morgan fingerprint density at radius 1 is 1.54 bits per heavy atom. The van der Waals surface area contributed by atoms with E-state index in [4.69, 9.17) is 11.0 Å². The number of hydrogen-bond acceptors (Lipinski definition) is 5. The topological polar surface area (TPSA) is 62.7 Å². The second kappa shape index (κ2) is 3.43. The molecule has 0 atom stereocenters. The Kier molecular flexibility index (Phi) is 2.68. The Labute approximate surface area is 79.4 Å². The quantitative estimate of drug-likeness (QED) is 0.588. The number of hydrogen-bond donors (Lipinski definition) is 1. The number of nitrogens with zero attached hydrogens (tertiary/aromatic N) is 2. The van der Waals surface area contributed by atoms with Crippen LogP contribution in [0.5, 0.6) is 0 Å². The maximum absolute atomic E-state index is 12.2. The lowest BCUT2D eigenvalue weighted by molar-refractivity contribution is -0.142. The number of thioether (sulfide) groups is 1. The summed E-state index contributed by atoms with van der Waals surface area (Å²) < 4.78 is 36.2. The van der Waals surface area contributed by atoms with Crippen LogP contribution in [-0.4, -0.2) is 4.98 Å². The van der Waals surface area contributed by atoms with Gasteiger partial charge in [-0.3, -0.25) is 0 Å². The van der Waals surface area contributed by atoms with E-state index in [-0.39, 0.29) is 9.34 Å². The van der Waals surface area contributed by atoms with Gasteiger partial charge in [-0.05, 0) is 0 Å². The first kappa shape index (κ1) is 10.1. The molecule has 1 aromatic rings. The molecule has 0 saturated carbocycles. The minimum atomic E-state index is -4.55. The third-order valence-electron chi connectivity index (χ3n) is 1.02. The van der Waals surface area contributed by atoms with Gasteiger partial charge in [-0.25, -0.2) is 4.98 Å². The maximum atomic E-state index is 12.2. The summed E-state index contributed by atoms with van der Waals surface area (Å²) in [6, 6.07) is 0. The van der Waals surface area contributed by atoms with Crippen LogP contribution >= 0.6 is 23.1 Å². The second-order valence-electron chi connectivity index (χ2n) is 1.88. The zero-order chi connectivity index (χ0) is 10.1. The molecule has 2 N–H and O–H groups in total. The molecule has 8 heteroatoms. The highest BCUT2D eigenvalue weighted by Crippen LogP contribution is 2.40. The minimum Gasteiger partial charge on any atom is -0.375 e. The molecule has 13 heavy (non-hydrogen) atoms. The van der Waals surface area contributed by atoms with Crippen molar-refractivity contribution < 1.29 is 13.2 Å². The fraction of sp³-hybridized carbons (Fsp3) is 0.200. The highest BCUT2D eigenvalue weighted by atomic mass is 32.2. The third-order valence-corrected chi connectivity index (χ3v) is 2.67. The number of anilines is 1. The van der Waals surface area contributed by atoms with E-state index < -0.39 is 11.9 Å². The average Bonchev–Trinajstić information content (AvgIpc) is 2.30. The van der Waals surface area contributed by atoms with Crippen molar-refractivity contribution in [3.05, 3.63) is 5.69 Å². The Morgan fingerprint density at radius 3 is 2.62 bits per heavy atom. The summed E-state index contributed by atoms with van der Waals surface area (Å²) in [7, 11) is 0. The van der Waals surface area contributed by atoms with Gasteiger partial charge < -0.3 is 5.73 Å². The van der Waals surface area contributed by atoms with Crippen LogP contribution in [0.1, 0.15) is 5.69 Å². The van der Waals surface area contributed by atoms with Crippen molar-refractivity contribution in [2.24, 2.45) is 0 Å². The molecule has 1 aromatic heterocycles. The highest BCUT2D eigenvalue weighted by Gasteiger charge is 2.37. The molecule has 0 aliphatic heterocycles. The number of rotatable bonds is 1. The Balaban J connectivity index is 3.13. The summed E-state index contributed by atoms with van der Waals surface area (Å²) in [6.45, 7) is 0. The maximum Gasteiger partial charge on any atom is 0.435 e. The number of halogens is 3. The van der Waals surface area contributed by atoms with Gasteiger partial charge in [-0.1, -0.05) is 11.3 Å². The fourth-order valence-electron chi connectivity index (χ4n) is 0.612. The number of thiocyanates is 1. The summed E-state index contributed by atoms with van der Waals surface area (Å²) >= 11 is 1.06. The van der Waals surface area contributed by atoms with E-state index in [2.05, 4.69) is 4.98 Å². The van der Waals surface area contributed by atoms with Crippen LogP contribution in [-0.2, 0) is 6.18 Å². The van der Waals surface area contributed by atoms with Crippen LogP contribution < -0.4 is 5.73 Å². The SMILES string of the molecule is N#CSc1sc(N)nc1C(F)(F)F. The van der Waals surface area contributed by atoms with Crippen LogP contribution in [0.2, 0.25) is 0 Å². The molecule has 0 spiro atoms. The van der Waals surface area contributed by atoms with Gasteiger partial charge in [0.15, 0.2) is 10.8 Å². The molecule has 0 saturated heterocycles. The standard InChI is InChI=1S/C5H2F3N3S2/c6-5(7,8)2-3(12-1-9)13-4(10)11-2/h(H2,10,11). The van der Waals surface area contributed by atoms with Crippen LogP contribution in [0.25, 0.3) is 0 Å². The zero-order valence-corrected chi connectivity index (χ0v) is 7.56. The van der Waals surface area contributed by atoms with Gasteiger partial charge in [0.2, 0.25) is 0 Å². The fourth-order valence-corrected chi connectivity index (χ4v) is 2.07. The van der Waals surface area contributed by atoms with Crippen LogP contribution in [0.4, 0.5) is 18.3 Å². The molecule has 0 aliphatic carbocycles. The van der Waals surface area contributed by atoms with Crippen molar-refractivity contribution in [2.75, 3.05) is 5.73 Å². The van der Waals surface area contributed by atoms with Crippen molar-refractivity contribution >= 4 is 28.2 Å². The first-order valence-corrected chi connectivity index (χ1v) is 4.48. The minimum absolute atomic E-state index is 0.190. The molecule has 0 amide bonds. The normalized spacial score (nSPS) is 11.2. The lowest BCUT2D eigenvalue weighted by Gasteiger charge is -2.01. The molecular weight excluding hydrogens is 223 g/mol. The van der Waals surface area contributed by atoms with Crippen LogP contribution in [0, 0.1) is 10.7 Å². The monoisotopic (exact) mass is 225 g/mol. The summed E-state index contributed by atoms with van der Waals surface area (Å²) in [5.41, 5.74) is 4.01. The molecule has 1 heterocycles. The first-order chi connectivity index (χ1) is 5.95. The zero-order valence-electron chi connectivity index (χ0n) is 5.92. The van der Waals surface area contributed by atoms with E-state index in [9.17, 15) is 13.2 Å². The lowest BCUT2D eigenvalue weighted by atomic mass is 10.5. The van der Waals surface area contributed by atoms with Gasteiger partial charge in [0.25, 0.3) is 0 Å². The third kappa shape index (κ3) is 2.26. The van der Waals surface area contributed by atoms with Gasteiger partial charge in [-0.2, -0.15) is 18.4 Å². The van der Waals surface area contributed by atoms with Crippen molar-refractivity contribution in [1.29, 1.82) is 5.26 Å². The van der Waals surface area contributed by atoms with Crippen molar-refractivity contribution in [3.8, 4) is 5.40 Å². The van der Waals surface area contributed by atoms with Crippen molar-refractivity contribution in [1.82, 2.24) is 4.98 Å². The number of nitrogen functional groups attached to an aromatic ring is 1. The molecule has 1 rings (SSSR count). The molecule has 0 aliphatic rings. The lowest BCUT2D eigenvalue weighted by Crippen LogP contribution is -2.06. The van der Waals surface area contributed by atoms with E-state index >= 15 is 0 Å². The summed E-state index contributed by atoms with van der Waals surface area (Å²) in [6.07, 6.45) is -4.55. The first-order valence-electron chi connectivity index (χ1n) is 2.84. The van der Waals surface area contributed by atoms with Crippen molar-refractivity contribution in [3.63, 3.8) is 0 Å². The Hall–Kier alpha value is -0.940. The molecule has 0 unspecified atom stereocenters. The van der Waals surface area contributed by atoms with Gasteiger partial charge >= 0.3 is 6.18 Å². The Bertz CT molecular complexity index is 351. The number of nitriles is 1. The van der Waals surface area contributed by atoms with Gasteiger partial charge in [-0.15, -0.1) is 0 Å². The molecule has 0 radical (unpaired) electrons. The van der Waals surface area contributed by atoms with E-state index in [0.717, 1.165) is 0 Å². The number of thiazole rings is 1. The summed E-state index contributed by atoms with van der Waals surface area (Å²) in [5, 5.41) is 9.55. The van der Waals surface area contributed by atoms with Gasteiger partial charge in [0.1, 0.15) is 9.61 Å². The number of aromatic nitrogens is 1. The number of nitrogens with two attached hydrogens (primary N) is 1. The van der Waals surface area contributed by atoms with E-state index in [1.807, 2.05) is 0 Å². The summed E-state index contributed by atoms with van der Waals surface area (Å²) in [5.74, 6) is 0. The smallest absolute Gasteiger partial charge is 0.375 e. The molecule has 0 aromatic carbocycles. The molecule has 3 nitrogen and oxygen atoms in total. The van der Waals surface area contributed by atoms with Crippen molar-refractivity contribution in [2.45, 2.75) is 10.4 Å². The van der Waals surface area contributed by atoms with Gasteiger partial charge in [0.05, 0.1) is 0 Å². The predicted molar refractivity (Wildman–Crippen MR) is 43.0 cm³/mol. The number of alkyl halides is 3. The molecule has 70 valence electrons. The van der Waals surface area contributed by atoms with Gasteiger partial charge in [0, 0.05) is 11.8 Å². The summed E-state index contributed by atoms with van der Waals surface area (Å²) in [4.78, 5) is 3.10. The second-order valence-corrected chi connectivity index (χ2v) is 3.96. The molecule has 0 bridgehead atoms. The van der Waals surface area contributed by atoms with E-state index in [1.54, 1.807) is 5.40 Å². The largest absolute Gasteiger partial charge is 0.435 e. The van der Waals surface area contributed by atoms with E-state index in [1.165, 1.54) is 0 Å². The molecule has 0 fully saturated rings. The van der Waals surface area contributed by atoms with Crippen LogP contribution in [0.15, 0.2) is 4.21 Å². The Morgan fingerprint density at radius 2 is 2.15 bits per heavy atom. The predicted octanol–water partition coefficient (Wildman–Crippen LogP) is 2.32. The van der Waals surface area contributed by atoms with E-state index in [0.29, 0.717) is 23.1 Å². The highest BCUT2D eigenvalue weighted by molar-refractivity contribution is 8.05.